The number of nitrogens with one attached hydrogen (secondary N) is 1. The van der Waals surface area contributed by atoms with Gasteiger partial charge in [0, 0.05) is 12.1 Å². The first kappa shape index (κ1) is 18.2. The van der Waals surface area contributed by atoms with Gasteiger partial charge in [0.25, 0.3) is 0 Å². The van der Waals surface area contributed by atoms with Gasteiger partial charge in [0.1, 0.15) is 11.5 Å². The van der Waals surface area contributed by atoms with Crippen LogP contribution in [0.25, 0.3) is 0 Å². The highest BCUT2D eigenvalue weighted by molar-refractivity contribution is 5.94. The maximum absolute atomic E-state index is 12.6. The SMILES string of the molecule is CCC(C(=O)Nc1ccc(Oc2cccc(OC)c2)nc1)N1CCCC1. The number of ether oxygens (including phenoxy) is 2. The van der Waals surface area contributed by atoms with Gasteiger partial charge >= 0.3 is 0 Å². The minimum atomic E-state index is -0.0785. The lowest BCUT2D eigenvalue weighted by Crippen LogP contribution is -2.42. The monoisotopic (exact) mass is 355 g/mol. The van der Waals surface area contributed by atoms with Crippen LogP contribution in [-0.2, 0) is 4.79 Å². The number of amides is 1. The highest BCUT2D eigenvalue weighted by Gasteiger charge is 2.26. The van der Waals surface area contributed by atoms with Gasteiger partial charge in [-0.05, 0) is 50.6 Å². The second-order valence-electron chi connectivity index (χ2n) is 6.32. The molecule has 6 heteroatoms. The second-order valence-corrected chi connectivity index (χ2v) is 6.32. The molecule has 0 saturated carbocycles. The Morgan fingerprint density at radius 2 is 2.00 bits per heavy atom. The minimum Gasteiger partial charge on any atom is -0.497 e. The highest BCUT2D eigenvalue weighted by atomic mass is 16.5. The van der Waals surface area contributed by atoms with Crippen molar-refractivity contribution in [3.8, 4) is 17.4 Å². The topological polar surface area (TPSA) is 63.7 Å². The Balaban J connectivity index is 1.60. The molecule has 1 fully saturated rings. The Bertz CT molecular complexity index is 727. The number of benzene rings is 1. The van der Waals surface area contributed by atoms with Crippen molar-refractivity contribution in [3.63, 3.8) is 0 Å². The predicted molar refractivity (Wildman–Crippen MR) is 101 cm³/mol. The van der Waals surface area contributed by atoms with Crippen molar-refractivity contribution in [1.82, 2.24) is 9.88 Å². The van der Waals surface area contributed by atoms with E-state index < -0.39 is 0 Å². The van der Waals surface area contributed by atoms with Gasteiger partial charge in [-0.25, -0.2) is 4.98 Å². The van der Waals surface area contributed by atoms with Gasteiger partial charge in [0.2, 0.25) is 11.8 Å². The molecule has 0 radical (unpaired) electrons. The van der Waals surface area contributed by atoms with Gasteiger partial charge in [0.05, 0.1) is 25.0 Å². The molecule has 0 spiro atoms. The summed E-state index contributed by atoms with van der Waals surface area (Å²) in [6.07, 6.45) is 4.75. The van der Waals surface area contributed by atoms with Crippen molar-refractivity contribution in [1.29, 1.82) is 0 Å². The fourth-order valence-electron chi connectivity index (χ4n) is 3.19. The number of anilines is 1. The standard InChI is InChI=1S/C20H25N3O3/c1-3-18(23-11-4-5-12-23)20(24)22-15-9-10-19(21-14-15)26-17-8-6-7-16(13-17)25-2/h6-10,13-14,18H,3-5,11-12H2,1-2H3,(H,22,24). The Morgan fingerprint density at radius 1 is 1.23 bits per heavy atom. The molecule has 1 atom stereocenters. The Kier molecular flexibility index (Phi) is 6.07. The Hall–Kier alpha value is -2.60. The van der Waals surface area contributed by atoms with Crippen molar-refractivity contribution in [3.05, 3.63) is 42.6 Å². The first-order valence-corrected chi connectivity index (χ1v) is 9.02. The lowest BCUT2D eigenvalue weighted by atomic mass is 10.2. The summed E-state index contributed by atoms with van der Waals surface area (Å²) in [6.45, 7) is 4.04. The number of pyridine rings is 1. The van der Waals surface area contributed by atoms with E-state index in [2.05, 4.69) is 15.2 Å². The molecular formula is C20H25N3O3. The molecule has 6 nitrogen and oxygen atoms in total. The van der Waals surface area contributed by atoms with Crippen molar-refractivity contribution in [2.45, 2.75) is 32.2 Å². The molecule has 1 saturated heterocycles. The fraction of sp³-hybridized carbons (Fsp3) is 0.400. The maximum atomic E-state index is 12.6. The molecule has 0 aliphatic carbocycles. The summed E-state index contributed by atoms with van der Waals surface area (Å²) < 4.78 is 10.9. The highest BCUT2D eigenvalue weighted by Crippen LogP contribution is 2.24. The summed E-state index contributed by atoms with van der Waals surface area (Å²) >= 11 is 0. The third-order valence-electron chi connectivity index (χ3n) is 4.54. The Morgan fingerprint density at radius 3 is 2.65 bits per heavy atom. The number of likely N-dealkylation sites (tertiary alicyclic amines) is 1. The largest absolute Gasteiger partial charge is 0.497 e. The summed E-state index contributed by atoms with van der Waals surface area (Å²) in [5.41, 5.74) is 0.672. The van der Waals surface area contributed by atoms with E-state index in [-0.39, 0.29) is 11.9 Å². The molecule has 1 unspecified atom stereocenters. The van der Waals surface area contributed by atoms with E-state index in [1.165, 1.54) is 12.8 Å². The summed E-state index contributed by atoms with van der Waals surface area (Å²) in [7, 11) is 1.61. The minimum absolute atomic E-state index is 0.0256. The van der Waals surface area contributed by atoms with E-state index in [4.69, 9.17) is 9.47 Å². The first-order valence-electron chi connectivity index (χ1n) is 9.02. The Labute approximate surface area is 154 Å². The molecule has 1 aliphatic rings. The lowest BCUT2D eigenvalue weighted by molar-refractivity contribution is -0.121. The van der Waals surface area contributed by atoms with Gasteiger partial charge in [-0.15, -0.1) is 0 Å². The zero-order valence-electron chi connectivity index (χ0n) is 15.3. The summed E-state index contributed by atoms with van der Waals surface area (Å²) in [6, 6.07) is 10.8. The third-order valence-corrected chi connectivity index (χ3v) is 4.54. The van der Waals surface area contributed by atoms with Crippen molar-refractivity contribution < 1.29 is 14.3 Å². The van der Waals surface area contributed by atoms with Crippen LogP contribution in [0.4, 0.5) is 5.69 Å². The van der Waals surface area contributed by atoms with E-state index in [1.807, 2.05) is 25.1 Å². The van der Waals surface area contributed by atoms with Crippen LogP contribution >= 0.6 is 0 Å². The third kappa shape index (κ3) is 4.52. The number of aromatic nitrogens is 1. The number of nitrogens with zero attached hydrogens (tertiary/aromatic N) is 2. The van der Waals surface area contributed by atoms with E-state index in [9.17, 15) is 4.79 Å². The quantitative estimate of drug-likeness (QED) is 0.820. The zero-order valence-corrected chi connectivity index (χ0v) is 15.3. The van der Waals surface area contributed by atoms with Gasteiger partial charge in [-0.3, -0.25) is 9.69 Å². The van der Waals surface area contributed by atoms with E-state index in [0.29, 0.717) is 17.3 Å². The molecule has 1 N–H and O–H groups in total. The molecule has 2 aromatic rings. The van der Waals surface area contributed by atoms with Gasteiger partial charge in [-0.1, -0.05) is 13.0 Å². The molecule has 0 bridgehead atoms. The average molecular weight is 355 g/mol. The van der Waals surface area contributed by atoms with E-state index in [1.54, 1.807) is 31.5 Å². The van der Waals surface area contributed by atoms with Gasteiger partial charge < -0.3 is 14.8 Å². The predicted octanol–water partition coefficient (Wildman–Crippen LogP) is 3.70. The van der Waals surface area contributed by atoms with Crippen LogP contribution in [-0.4, -0.2) is 42.0 Å². The second kappa shape index (κ2) is 8.67. The molecule has 1 aliphatic heterocycles. The number of hydrogen-bond donors (Lipinski definition) is 1. The number of carbonyl (C=O) groups excluding carboxylic acids is 1. The maximum Gasteiger partial charge on any atom is 0.241 e. The molecule has 1 aromatic carbocycles. The van der Waals surface area contributed by atoms with Crippen LogP contribution in [0.15, 0.2) is 42.6 Å². The van der Waals surface area contributed by atoms with Crippen LogP contribution in [0.2, 0.25) is 0 Å². The summed E-state index contributed by atoms with van der Waals surface area (Å²) in [5, 5.41) is 2.96. The van der Waals surface area contributed by atoms with E-state index in [0.717, 1.165) is 25.3 Å². The fourth-order valence-corrected chi connectivity index (χ4v) is 3.19. The molecule has 26 heavy (non-hydrogen) atoms. The number of methoxy groups -OCH3 is 1. The normalized spacial score (nSPS) is 15.5. The lowest BCUT2D eigenvalue weighted by Gasteiger charge is -2.25. The van der Waals surface area contributed by atoms with Crippen LogP contribution in [0, 0.1) is 0 Å². The molecule has 1 amide bonds. The first-order chi connectivity index (χ1) is 12.7. The number of carbonyl (C=O) groups is 1. The summed E-state index contributed by atoms with van der Waals surface area (Å²) in [5.74, 6) is 1.85. The van der Waals surface area contributed by atoms with Crippen LogP contribution in [0.5, 0.6) is 17.4 Å². The molecule has 1 aromatic heterocycles. The van der Waals surface area contributed by atoms with Crippen molar-refractivity contribution >= 4 is 11.6 Å². The number of hydrogen-bond acceptors (Lipinski definition) is 5. The van der Waals surface area contributed by atoms with Crippen LogP contribution in [0.1, 0.15) is 26.2 Å². The molecular weight excluding hydrogens is 330 g/mol. The average Bonchev–Trinajstić information content (AvgIpc) is 3.18. The zero-order chi connectivity index (χ0) is 18.4. The molecule has 3 rings (SSSR count). The van der Waals surface area contributed by atoms with Gasteiger partial charge in [0.15, 0.2) is 0 Å². The molecule has 2 heterocycles. The summed E-state index contributed by atoms with van der Waals surface area (Å²) in [4.78, 5) is 19.1. The van der Waals surface area contributed by atoms with Crippen molar-refractivity contribution in [2.24, 2.45) is 0 Å². The number of rotatable bonds is 7. The van der Waals surface area contributed by atoms with Gasteiger partial charge in [-0.2, -0.15) is 0 Å². The van der Waals surface area contributed by atoms with Crippen LogP contribution in [0.3, 0.4) is 0 Å². The van der Waals surface area contributed by atoms with Crippen molar-refractivity contribution in [2.75, 3.05) is 25.5 Å². The van der Waals surface area contributed by atoms with E-state index >= 15 is 0 Å². The molecule has 138 valence electrons. The smallest absolute Gasteiger partial charge is 0.241 e. The van der Waals surface area contributed by atoms with Crippen LogP contribution < -0.4 is 14.8 Å².